The summed E-state index contributed by atoms with van der Waals surface area (Å²) >= 11 is 1.57. The highest BCUT2D eigenvalue weighted by molar-refractivity contribution is 7.14. The van der Waals surface area contributed by atoms with Crippen LogP contribution in [0, 0.1) is 24.7 Å². The highest BCUT2D eigenvalue weighted by atomic mass is 32.1. The maximum atomic E-state index is 12.4. The molecule has 0 bridgehead atoms. The predicted molar refractivity (Wildman–Crippen MR) is 138 cm³/mol. The van der Waals surface area contributed by atoms with E-state index < -0.39 is 0 Å². The van der Waals surface area contributed by atoms with Crippen molar-refractivity contribution in [3.63, 3.8) is 0 Å². The summed E-state index contributed by atoms with van der Waals surface area (Å²) in [6, 6.07) is 14.3. The Labute approximate surface area is 210 Å². The second kappa shape index (κ2) is 10.6. The highest BCUT2D eigenvalue weighted by Gasteiger charge is 2.30. The zero-order chi connectivity index (χ0) is 24.2. The van der Waals surface area contributed by atoms with Crippen LogP contribution in [0.25, 0.3) is 10.6 Å². The van der Waals surface area contributed by atoms with Crippen LogP contribution in [0.5, 0.6) is 11.5 Å². The van der Waals surface area contributed by atoms with Gasteiger partial charge in [0.2, 0.25) is 0 Å². The number of carbonyl (C=O) groups excluding carboxylic acids is 1. The van der Waals surface area contributed by atoms with Crippen molar-refractivity contribution in [1.29, 1.82) is 0 Å². The number of hydrogen-bond acceptors (Lipinski definition) is 6. The highest BCUT2D eigenvalue weighted by Crippen LogP contribution is 2.40. The van der Waals surface area contributed by atoms with Crippen LogP contribution in [0.3, 0.4) is 0 Å². The Morgan fingerprint density at radius 1 is 1.03 bits per heavy atom. The Hall–Kier alpha value is -3.17. The quantitative estimate of drug-likeness (QED) is 0.393. The molecule has 3 aromatic rings. The van der Waals surface area contributed by atoms with E-state index in [9.17, 15) is 4.79 Å². The summed E-state index contributed by atoms with van der Waals surface area (Å²) in [5.41, 5.74) is 3.11. The Balaban J connectivity index is 1.40. The van der Waals surface area contributed by atoms with Gasteiger partial charge in [-0.15, -0.1) is 10.2 Å². The summed E-state index contributed by atoms with van der Waals surface area (Å²) in [5, 5.41) is 10.2. The average molecular weight is 487 g/mol. The maximum absolute atomic E-state index is 12.4. The average Bonchev–Trinajstić information content (AvgIpc) is 3.55. The van der Waals surface area contributed by atoms with Gasteiger partial charge in [0, 0.05) is 29.9 Å². The van der Waals surface area contributed by atoms with E-state index in [1.165, 1.54) is 18.4 Å². The fourth-order valence-corrected chi connectivity index (χ4v) is 5.77. The molecule has 6 heteroatoms. The zero-order valence-corrected chi connectivity index (χ0v) is 21.1. The first-order valence-corrected chi connectivity index (χ1v) is 13.2. The van der Waals surface area contributed by atoms with Crippen molar-refractivity contribution >= 4 is 17.1 Å². The van der Waals surface area contributed by atoms with Gasteiger partial charge in [0.1, 0.15) is 15.8 Å². The van der Waals surface area contributed by atoms with E-state index in [2.05, 4.69) is 34.2 Å². The summed E-state index contributed by atoms with van der Waals surface area (Å²) in [6.45, 7) is 1.95. The lowest BCUT2D eigenvalue weighted by Crippen LogP contribution is -2.22. The van der Waals surface area contributed by atoms with E-state index in [0.717, 1.165) is 51.9 Å². The number of carbonyl (C=O) groups is 1. The lowest BCUT2D eigenvalue weighted by atomic mass is 9.75. The van der Waals surface area contributed by atoms with E-state index in [4.69, 9.17) is 9.47 Å². The van der Waals surface area contributed by atoms with Crippen LogP contribution >= 0.6 is 11.3 Å². The zero-order valence-electron chi connectivity index (χ0n) is 20.3. The Bertz CT molecular complexity index is 1270. The number of aromatic nitrogens is 2. The number of rotatable bonds is 5. The van der Waals surface area contributed by atoms with Gasteiger partial charge >= 0.3 is 0 Å². The molecule has 1 aromatic heterocycles. The molecule has 2 aromatic carbocycles. The number of nitrogens with zero attached hydrogens (tertiary/aromatic N) is 2. The van der Waals surface area contributed by atoms with Gasteiger partial charge in [-0.3, -0.25) is 4.79 Å². The number of ketones is 1. The van der Waals surface area contributed by atoms with E-state index in [1.807, 2.05) is 37.3 Å². The molecular formula is C29H30N2O3S. The molecule has 2 unspecified atom stereocenters. The van der Waals surface area contributed by atoms with Crippen LogP contribution in [0.1, 0.15) is 67.0 Å². The van der Waals surface area contributed by atoms with Gasteiger partial charge in [-0.05, 0) is 74.8 Å². The molecule has 0 radical (unpaired) electrons. The van der Waals surface area contributed by atoms with Crippen LogP contribution in [0.4, 0.5) is 0 Å². The van der Waals surface area contributed by atoms with Crippen LogP contribution < -0.4 is 9.47 Å². The molecule has 1 heterocycles. The van der Waals surface area contributed by atoms with Crippen LogP contribution in [-0.4, -0.2) is 29.2 Å². The Morgan fingerprint density at radius 2 is 1.89 bits per heavy atom. The third kappa shape index (κ3) is 5.57. The van der Waals surface area contributed by atoms with Crippen molar-refractivity contribution in [2.24, 2.45) is 5.92 Å². The van der Waals surface area contributed by atoms with Crippen molar-refractivity contribution in [2.75, 3.05) is 7.11 Å². The van der Waals surface area contributed by atoms with Gasteiger partial charge in [0.25, 0.3) is 0 Å². The summed E-state index contributed by atoms with van der Waals surface area (Å²) < 4.78 is 11.9. The molecule has 180 valence electrons. The minimum atomic E-state index is -0.0311. The van der Waals surface area contributed by atoms with Gasteiger partial charge in [0.05, 0.1) is 13.2 Å². The number of aryl methyl sites for hydroxylation is 1. The van der Waals surface area contributed by atoms with Crippen LogP contribution in [-0.2, 0) is 4.79 Å². The van der Waals surface area contributed by atoms with E-state index in [0.29, 0.717) is 12.8 Å². The second-order valence-electron chi connectivity index (χ2n) is 9.41. The first kappa shape index (κ1) is 23.6. The van der Waals surface area contributed by atoms with Crippen molar-refractivity contribution < 1.29 is 14.3 Å². The monoisotopic (exact) mass is 486 g/mol. The molecule has 0 saturated heterocycles. The van der Waals surface area contributed by atoms with Gasteiger partial charge in [-0.25, -0.2) is 0 Å². The molecule has 2 aliphatic rings. The van der Waals surface area contributed by atoms with Gasteiger partial charge in [-0.2, -0.15) is 0 Å². The van der Waals surface area contributed by atoms with E-state index >= 15 is 0 Å². The lowest BCUT2D eigenvalue weighted by molar-refractivity contribution is -0.121. The molecule has 2 aliphatic carbocycles. The van der Waals surface area contributed by atoms with Gasteiger partial charge < -0.3 is 9.47 Å². The van der Waals surface area contributed by atoms with E-state index in [-0.39, 0.29) is 23.7 Å². The molecule has 2 fully saturated rings. The van der Waals surface area contributed by atoms with Gasteiger partial charge in [-0.1, -0.05) is 41.4 Å². The molecule has 2 atom stereocenters. The topological polar surface area (TPSA) is 61.3 Å². The maximum Gasteiger partial charge on any atom is 0.161 e. The Kier molecular flexibility index (Phi) is 7.15. The second-order valence-corrected chi connectivity index (χ2v) is 10.6. The molecule has 0 spiro atoms. The number of benzene rings is 2. The molecule has 0 amide bonds. The van der Waals surface area contributed by atoms with E-state index in [1.54, 1.807) is 18.4 Å². The van der Waals surface area contributed by atoms with Crippen LogP contribution in [0.2, 0.25) is 0 Å². The van der Waals surface area contributed by atoms with Crippen molar-refractivity contribution in [3.05, 3.63) is 58.6 Å². The lowest BCUT2D eigenvalue weighted by Gasteiger charge is -2.28. The molecule has 35 heavy (non-hydrogen) atoms. The summed E-state index contributed by atoms with van der Waals surface area (Å²) in [5.74, 6) is 8.80. The number of hydrogen-bond donors (Lipinski definition) is 0. The smallest absolute Gasteiger partial charge is 0.161 e. The minimum Gasteiger partial charge on any atom is -0.493 e. The first-order valence-electron chi connectivity index (χ1n) is 12.4. The third-order valence-corrected chi connectivity index (χ3v) is 7.80. The predicted octanol–water partition coefficient (Wildman–Crippen LogP) is 6.35. The summed E-state index contributed by atoms with van der Waals surface area (Å²) in [4.78, 5) is 12.4. The molecular weight excluding hydrogens is 456 g/mol. The minimum absolute atomic E-state index is 0.0311. The largest absolute Gasteiger partial charge is 0.493 e. The van der Waals surface area contributed by atoms with Crippen molar-refractivity contribution in [2.45, 2.75) is 63.9 Å². The molecule has 5 nitrogen and oxygen atoms in total. The molecule has 0 N–H and O–H groups in total. The van der Waals surface area contributed by atoms with Crippen molar-refractivity contribution in [1.82, 2.24) is 10.2 Å². The van der Waals surface area contributed by atoms with Crippen molar-refractivity contribution in [3.8, 4) is 33.9 Å². The number of ether oxygens (including phenoxy) is 2. The third-order valence-electron chi connectivity index (χ3n) is 6.92. The first-order chi connectivity index (χ1) is 17.1. The molecule has 2 saturated carbocycles. The van der Waals surface area contributed by atoms with Crippen LogP contribution in [0.15, 0.2) is 42.5 Å². The Morgan fingerprint density at radius 3 is 2.66 bits per heavy atom. The normalized spacial score (nSPS) is 20.3. The fraction of sp³-hybridized carbons (Fsp3) is 0.414. The SMILES string of the molecule is COc1ccc(C2CCC(=O)CC2C#Cc2cccc(-c3nnc(C)s3)c2)cc1OC1CCCC1. The molecule has 5 rings (SSSR count). The summed E-state index contributed by atoms with van der Waals surface area (Å²) in [6.07, 6.45) is 6.76. The summed E-state index contributed by atoms with van der Waals surface area (Å²) in [7, 11) is 1.68. The van der Waals surface area contributed by atoms with Gasteiger partial charge in [0.15, 0.2) is 11.5 Å². The fourth-order valence-electron chi connectivity index (χ4n) is 5.08. The molecule has 0 aliphatic heterocycles. The number of Topliss-reactive ketones (excluding diaryl/α,β-unsaturated/α-hetero) is 1. The number of methoxy groups -OCH3 is 1. The standard InChI is InChI=1S/C29H30N2O3S/c1-19-30-31-29(35-19)23-7-5-6-20(16-23)10-11-21-17-24(32)13-14-26(21)22-12-15-27(33-2)28(18-22)34-25-8-3-4-9-25/h5-7,12,15-16,18,21,25-26H,3-4,8-9,13-14,17H2,1-2H3.